The molecule has 0 heterocycles. The van der Waals surface area contributed by atoms with E-state index in [0.717, 1.165) is 12.8 Å². The Morgan fingerprint density at radius 3 is 2.67 bits per heavy atom. The predicted molar refractivity (Wildman–Crippen MR) is 48.0 cm³/mol. The summed E-state index contributed by atoms with van der Waals surface area (Å²) in [5.41, 5.74) is 0. The summed E-state index contributed by atoms with van der Waals surface area (Å²) in [4.78, 5) is 10.5. The first-order valence-electron chi connectivity index (χ1n) is 4.98. The lowest BCUT2D eigenvalue weighted by Gasteiger charge is -1.97. The Balaban J connectivity index is 1.93. The van der Waals surface area contributed by atoms with Crippen molar-refractivity contribution in [2.45, 2.75) is 45.4 Å². The Labute approximate surface area is 74.0 Å². The van der Waals surface area contributed by atoms with Crippen LogP contribution in [0.2, 0.25) is 0 Å². The second-order valence-corrected chi connectivity index (χ2v) is 3.79. The molecule has 1 rings (SSSR count). The van der Waals surface area contributed by atoms with Crippen molar-refractivity contribution in [1.29, 1.82) is 0 Å². The molecule has 70 valence electrons. The topological polar surface area (TPSA) is 37.3 Å². The van der Waals surface area contributed by atoms with Gasteiger partial charge in [-0.1, -0.05) is 32.6 Å². The third-order valence-electron chi connectivity index (χ3n) is 2.67. The van der Waals surface area contributed by atoms with Gasteiger partial charge in [-0.2, -0.15) is 0 Å². The van der Waals surface area contributed by atoms with Crippen molar-refractivity contribution in [2.75, 3.05) is 0 Å². The van der Waals surface area contributed by atoms with E-state index in [1.54, 1.807) is 0 Å². The van der Waals surface area contributed by atoms with E-state index in [4.69, 9.17) is 5.11 Å². The van der Waals surface area contributed by atoms with Crippen LogP contribution in [0.15, 0.2) is 0 Å². The fourth-order valence-electron chi connectivity index (χ4n) is 1.70. The number of unbranched alkanes of at least 4 members (excludes halogenated alkanes) is 3. The van der Waals surface area contributed by atoms with Gasteiger partial charge >= 0.3 is 5.97 Å². The summed E-state index contributed by atoms with van der Waals surface area (Å²) in [7, 11) is 0. The van der Waals surface area contributed by atoms with Crippen LogP contribution >= 0.6 is 0 Å². The molecule has 0 aromatic carbocycles. The summed E-state index contributed by atoms with van der Waals surface area (Å²) < 4.78 is 0. The summed E-state index contributed by atoms with van der Waals surface area (Å²) in [5.74, 6) is -0.0681. The zero-order valence-corrected chi connectivity index (χ0v) is 7.75. The molecule has 0 aromatic heterocycles. The van der Waals surface area contributed by atoms with Crippen LogP contribution in [-0.2, 0) is 4.79 Å². The first-order chi connectivity index (χ1) is 5.75. The molecule has 1 saturated carbocycles. The van der Waals surface area contributed by atoms with Gasteiger partial charge < -0.3 is 5.11 Å². The molecule has 0 bridgehead atoms. The molecule has 2 heteroatoms. The van der Waals surface area contributed by atoms with Crippen molar-refractivity contribution < 1.29 is 9.90 Å². The molecule has 1 aliphatic carbocycles. The molecule has 12 heavy (non-hydrogen) atoms. The lowest BCUT2D eigenvalue weighted by molar-refractivity contribution is -0.138. The Kier molecular flexibility index (Phi) is 3.57. The maximum absolute atomic E-state index is 10.5. The summed E-state index contributed by atoms with van der Waals surface area (Å²) in [6.07, 6.45) is 7.12. The monoisotopic (exact) mass is 170 g/mol. The maximum Gasteiger partial charge on any atom is 0.306 e. The molecule has 0 aliphatic heterocycles. The quantitative estimate of drug-likeness (QED) is 0.622. The molecular weight excluding hydrogens is 152 g/mol. The van der Waals surface area contributed by atoms with E-state index in [0.29, 0.717) is 5.92 Å². The molecule has 0 spiro atoms. The molecule has 2 atom stereocenters. The third-order valence-corrected chi connectivity index (χ3v) is 2.67. The third kappa shape index (κ3) is 2.84. The molecule has 0 radical (unpaired) electrons. The number of carbonyl (C=O) groups is 1. The minimum absolute atomic E-state index is 0.00614. The molecule has 0 amide bonds. The molecule has 2 nitrogen and oxygen atoms in total. The van der Waals surface area contributed by atoms with E-state index < -0.39 is 5.97 Å². The SMILES string of the molecule is CCCCCCC1CC1C(=O)O. The van der Waals surface area contributed by atoms with Gasteiger partial charge in [-0.3, -0.25) is 4.79 Å². The van der Waals surface area contributed by atoms with Crippen molar-refractivity contribution in [1.82, 2.24) is 0 Å². The van der Waals surface area contributed by atoms with Gasteiger partial charge in [0.25, 0.3) is 0 Å². The van der Waals surface area contributed by atoms with E-state index in [1.807, 2.05) is 0 Å². The summed E-state index contributed by atoms with van der Waals surface area (Å²) in [5, 5.41) is 8.63. The number of rotatable bonds is 6. The Morgan fingerprint density at radius 1 is 1.42 bits per heavy atom. The Hall–Kier alpha value is -0.530. The Bertz CT molecular complexity index is 154. The minimum atomic E-state index is -0.588. The lowest BCUT2D eigenvalue weighted by Crippen LogP contribution is -1.99. The summed E-state index contributed by atoms with van der Waals surface area (Å²) in [6, 6.07) is 0. The zero-order valence-electron chi connectivity index (χ0n) is 7.75. The second kappa shape index (κ2) is 4.48. The van der Waals surface area contributed by atoms with Crippen LogP contribution in [-0.4, -0.2) is 11.1 Å². The predicted octanol–water partition coefficient (Wildman–Crippen LogP) is 2.68. The highest BCUT2D eigenvalue weighted by Gasteiger charge is 2.42. The van der Waals surface area contributed by atoms with Crippen LogP contribution in [0.5, 0.6) is 0 Å². The first-order valence-corrected chi connectivity index (χ1v) is 4.98. The molecule has 0 saturated heterocycles. The van der Waals surface area contributed by atoms with Gasteiger partial charge in [0.2, 0.25) is 0 Å². The smallest absolute Gasteiger partial charge is 0.306 e. The fraction of sp³-hybridized carbons (Fsp3) is 0.900. The van der Waals surface area contributed by atoms with E-state index in [1.165, 1.54) is 25.7 Å². The highest BCUT2D eigenvalue weighted by atomic mass is 16.4. The molecule has 1 N–H and O–H groups in total. The fourth-order valence-corrected chi connectivity index (χ4v) is 1.70. The standard InChI is InChI=1S/C10H18O2/c1-2-3-4-5-6-8-7-9(8)10(11)12/h8-9H,2-7H2,1H3,(H,11,12). The van der Waals surface area contributed by atoms with E-state index >= 15 is 0 Å². The van der Waals surface area contributed by atoms with E-state index in [-0.39, 0.29) is 5.92 Å². The average Bonchev–Trinajstić information content (AvgIpc) is 2.77. The van der Waals surface area contributed by atoms with Crippen molar-refractivity contribution in [3.63, 3.8) is 0 Å². The normalized spacial score (nSPS) is 27.1. The zero-order chi connectivity index (χ0) is 8.97. The molecule has 1 aliphatic rings. The number of hydrogen-bond acceptors (Lipinski definition) is 1. The Morgan fingerprint density at radius 2 is 2.17 bits per heavy atom. The van der Waals surface area contributed by atoms with Gasteiger partial charge in [-0.25, -0.2) is 0 Å². The number of hydrogen-bond donors (Lipinski definition) is 1. The van der Waals surface area contributed by atoms with Crippen molar-refractivity contribution in [3.8, 4) is 0 Å². The highest BCUT2D eigenvalue weighted by Crippen LogP contribution is 2.42. The lowest BCUT2D eigenvalue weighted by atomic mass is 10.1. The number of carboxylic acid groups (broad SMARTS) is 1. The maximum atomic E-state index is 10.5. The average molecular weight is 170 g/mol. The van der Waals surface area contributed by atoms with Gasteiger partial charge in [0.15, 0.2) is 0 Å². The second-order valence-electron chi connectivity index (χ2n) is 3.79. The van der Waals surface area contributed by atoms with Gasteiger partial charge in [0, 0.05) is 0 Å². The van der Waals surface area contributed by atoms with Crippen LogP contribution < -0.4 is 0 Å². The van der Waals surface area contributed by atoms with Gasteiger partial charge in [-0.15, -0.1) is 0 Å². The molecular formula is C10H18O2. The van der Waals surface area contributed by atoms with Crippen LogP contribution in [0.4, 0.5) is 0 Å². The van der Waals surface area contributed by atoms with Crippen LogP contribution in [0, 0.1) is 11.8 Å². The first kappa shape index (κ1) is 9.56. The highest BCUT2D eigenvalue weighted by molar-refractivity contribution is 5.73. The molecule has 0 aromatic rings. The van der Waals surface area contributed by atoms with Crippen LogP contribution in [0.25, 0.3) is 0 Å². The number of carboxylic acids is 1. The van der Waals surface area contributed by atoms with Gasteiger partial charge in [0.05, 0.1) is 5.92 Å². The van der Waals surface area contributed by atoms with Gasteiger partial charge in [-0.05, 0) is 18.8 Å². The summed E-state index contributed by atoms with van der Waals surface area (Å²) in [6.45, 7) is 2.19. The van der Waals surface area contributed by atoms with E-state index in [2.05, 4.69) is 6.92 Å². The van der Waals surface area contributed by atoms with E-state index in [9.17, 15) is 4.79 Å². The van der Waals surface area contributed by atoms with Crippen LogP contribution in [0.1, 0.15) is 45.4 Å². The number of aliphatic carboxylic acids is 1. The molecule has 1 fully saturated rings. The van der Waals surface area contributed by atoms with Crippen molar-refractivity contribution in [3.05, 3.63) is 0 Å². The van der Waals surface area contributed by atoms with Crippen molar-refractivity contribution in [2.24, 2.45) is 11.8 Å². The van der Waals surface area contributed by atoms with Gasteiger partial charge in [0.1, 0.15) is 0 Å². The largest absolute Gasteiger partial charge is 0.481 e. The molecule has 2 unspecified atom stereocenters. The van der Waals surface area contributed by atoms with Crippen LogP contribution in [0.3, 0.4) is 0 Å². The minimum Gasteiger partial charge on any atom is -0.481 e. The van der Waals surface area contributed by atoms with Crippen molar-refractivity contribution >= 4 is 5.97 Å². The summed E-state index contributed by atoms with van der Waals surface area (Å²) >= 11 is 0.